The van der Waals surface area contributed by atoms with Crippen LogP contribution in [-0.2, 0) is 0 Å². The Labute approximate surface area is 197 Å². The summed E-state index contributed by atoms with van der Waals surface area (Å²) >= 11 is 8.73. The summed E-state index contributed by atoms with van der Waals surface area (Å²) in [5, 5.41) is 4.75. The van der Waals surface area contributed by atoms with Gasteiger partial charge in [-0.25, -0.2) is 5.43 Å². The molecule has 0 radical (unpaired) electrons. The van der Waals surface area contributed by atoms with Crippen molar-refractivity contribution in [2.24, 2.45) is 5.10 Å². The van der Waals surface area contributed by atoms with Gasteiger partial charge in [0.25, 0.3) is 5.91 Å². The lowest BCUT2D eigenvalue weighted by molar-refractivity contribution is 0.0954. The summed E-state index contributed by atoms with van der Waals surface area (Å²) in [6.07, 6.45) is 2.67. The predicted molar refractivity (Wildman–Crippen MR) is 132 cm³/mol. The fourth-order valence-electron chi connectivity index (χ4n) is 4.24. The summed E-state index contributed by atoms with van der Waals surface area (Å²) in [5.74, 6) is 0.765. The first-order valence-corrected chi connectivity index (χ1v) is 11.4. The van der Waals surface area contributed by atoms with Crippen molar-refractivity contribution in [1.29, 1.82) is 0 Å². The van der Waals surface area contributed by atoms with E-state index < -0.39 is 0 Å². The fraction of sp³-hybridized carbons (Fsp3) is 0.391. The molecule has 0 bridgehead atoms. The number of ether oxygens (including phenoxy) is 1. The Kier molecular flexibility index (Phi) is 6.97. The molecule has 2 aromatic carbocycles. The first-order chi connectivity index (χ1) is 14.2. The van der Waals surface area contributed by atoms with Gasteiger partial charge in [0.2, 0.25) is 0 Å². The van der Waals surface area contributed by atoms with Gasteiger partial charge in [-0.1, -0.05) is 18.5 Å². The van der Waals surface area contributed by atoms with E-state index in [0.29, 0.717) is 22.3 Å². The van der Waals surface area contributed by atoms with Crippen LogP contribution in [0, 0.1) is 3.57 Å². The number of rotatable bonds is 5. The Morgan fingerprint density at radius 1 is 1.40 bits per heavy atom. The van der Waals surface area contributed by atoms with Crippen LogP contribution < -0.4 is 15.1 Å². The van der Waals surface area contributed by atoms with E-state index >= 15 is 0 Å². The first kappa shape index (κ1) is 22.9. The Hall–Kier alpha value is -1.80. The van der Waals surface area contributed by atoms with Crippen LogP contribution in [0.4, 0.5) is 5.69 Å². The summed E-state index contributed by atoms with van der Waals surface area (Å²) in [7, 11) is 1.58. The highest BCUT2D eigenvalue weighted by molar-refractivity contribution is 14.1. The van der Waals surface area contributed by atoms with Crippen molar-refractivity contribution in [2.45, 2.75) is 45.6 Å². The van der Waals surface area contributed by atoms with Gasteiger partial charge in [-0.3, -0.25) is 4.79 Å². The number of hydrazone groups is 1. The maximum absolute atomic E-state index is 12.4. The molecule has 0 aliphatic carbocycles. The van der Waals surface area contributed by atoms with E-state index in [4.69, 9.17) is 16.3 Å². The van der Waals surface area contributed by atoms with Gasteiger partial charge >= 0.3 is 0 Å². The molecule has 2 aromatic rings. The molecule has 1 amide bonds. The number of nitrogens with zero attached hydrogens (tertiary/aromatic N) is 2. The van der Waals surface area contributed by atoms with Crippen molar-refractivity contribution in [3.05, 3.63) is 55.6 Å². The molecule has 0 aromatic heterocycles. The maximum atomic E-state index is 12.4. The number of carbonyl (C=O) groups is 1. The van der Waals surface area contributed by atoms with Crippen molar-refractivity contribution in [1.82, 2.24) is 5.43 Å². The zero-order valence-electron chi connectivity index (χ0n) is 17.9. The lowest BCUT2D eigenvalue weighted by Gasteiger charge is -2.47. The van der Waals surface area contributed by atoms with Crippen molar-refractivity contribution < 1.29 is 9.53 Å². The molecule has 30 heavy (non-hydrogen) atoms. The zero-order chi connectivity index (χ0) is 22.1. The van der Waals surface area contributed by atoms with Crippen LogP contribution in [0.15, 0.2) is 35.4 Å². The minimum Gasteiger partial charge on any atom is -0.496 e. The monoisotopic (exact) mass is 539 g/mol. The number of halogens is 2. The van der Waals surface area contributed by atoms with Crippen LogP contribution in [0.3, 0.4) is 0 Å². The van der Waals surface area contributed by atoms with Gasteiger partial charge in [-0.2, -0.15) is 5.10 Å². The molecule has 1 aliphatic heterocycles. The summed E-state index contributed by atoms with van der Waals surface area (Å²) < 4.78 is 6.21. The largest absolute Gasteiger partial charge is 0.496 e. The number of fused-ring (bicyclic) bond motifs is 1. The molecule has 3 rings (SSSR count). The lowest BCUT2D eigenvalue weighted by Crippen LogP contribution is -2.48. The second-order valence-corrected chi connectivity index (χ2v) is 9.71. The van der Waals surface area contributed by atoms with E-state index in [9.17, 15) is 4.79 Å². The summed E-state index contributed by atoms with van der Waals surface area (Å²) in [6, 6.07) is 9.38. The highest BCUT2D eigenvalue weighted by atomic mass is 127. The van der Waals surface area contributed by atoms with Crippen molar-refractivity contribution in [3.63, 3.8) is 0 Å². The van der Waals surface area contributed by atoms with Crippen LogP contribution >= 0.6 is 34.2 Å². The van der Waals surface area contributed by atoms with E-state index in [1.807, 2.05) is 12.1 Å². The van der Waals surface area contributed by atoms with Gasteiger partial charge in [0.05, 0.1) is 21.9 Å². The molecule has 1 unspecified atom stereocenters. The van der Waals surface area contributed by atoms with E-state index in [1.165, 1.54) is 11.3 Å². The fourth-order valence-corrected chi connectivity index (χ4v) is 5.01. The second kappa shape index (κ2) is 9.14. The van der Waals surface area contributed by atoms with Gasteiger partial charge in [0, 0.05) is 28.9 Å². The van der Waals surface area contributed by atoms with E-state index in [2.05, 4.69) is 71.8 Å². The molecule has 0 saturated carbocycles. The molecule has 5 nitrogen and oxygen atoms in total. The number of carbonyl (C=O) groups excluding carboxylic acids is 1. The Bertz CT molecular complexity index is 991. The van der Waals surface area contributed by atoms with Crippen LogP contribution in [-0.4, -0.2) is 31.3 Å². The van der Waals surface area contributed by atoms with E-state index in [1.54, 1.807) is 25.5 Å². The van der Waals surface area contributed by atoms with Gasteiger partial charge in [-0.15, -0.1) is 0 Å². The number of benzene rings is 2. The van der Waals surface area contributed by atoms with Gasteiger partial charge in [0.15, 0.2) is 0 Å². The third-order valence-corrected chi connectivity index (χ3v) is 6.82. The Morgan fingerprint density at radius 2 is 2.13 bits per heavy atom. The third-order valence-electron chi connectivity index (χ3n) is 5.60. The number of methoxy groups -OCH3 is 1. The Balaban J connectivity index is 1.82. The van der Waals surface area contributed by atoms with Gasteiger partial charge < -0.3 is 9.64 Å². The smallest absolute Gasteiger partial charge is 0.271 e. The lowest BCUT2D eigenvalue weighted by atomic mass is 9.79. The average molecular weight is 540 g/mol. The molecule has 0 fully saturated rings. The number of hydrogen-bond donors (Lipinski definition) is 1. The topological polar surface area (TPSA) is 53.9 Å². The molecular weight excluding hydrogens is 513 g/mol. The molecule has 1 atom stereocenters. The molecule has 1 N–H and O–H groups in total. The summed E-state index contributed by atoms with van der Waals surface area (Å²) in [6.45, 7) is 9.88. The zero-order valence-corrected chi connectivity index (χ0v) is 20.8. The second-order valence-electron chi connectivity index (χ2n) is 8.14. The number of nitrogens with one attached hydrogen (secondary N) is 1. The minimum absolute atomic E-state index is 0.0859. The van der Waals surface area contributed by atoms with Gasteiger partial charge in [-0.05, 0) is 91.6 Å². The SMILES string of the molecule is CCN1c2cc(Cl)c(/C=N/NC(=O)c3ccc(I)c(OC)c3)cc2C(C)CC1(C)C. The number of anilines is 1. The third kappa shape index (κ3) is 4.59. The molecule has 0 spiro atoms. The highest BCUT2D eigenvalue weighted by Crippen LogP contribution is 2.44. The average Bonchev–Trinajstić information content (AvgIpc) is 2.68. The first-order valence-electron chi connectivity index (χ1n) is 9.96. The molecule has 0 saturated heterocycles. The number of amides is 1. The van der Waals surface area contributed by atoms with Gasteiger partial charge in [0.1, 0.15) is 5.75 Å². The van der Waals surface area contributed by atoms with Crippen LogP contribution in [0.2, 0.25) is 5.02 Å². The van der Waals surface area contributed by atoms with E-state index in [0.717, 1.165) is 22.1 Å². The quantitative estimate of drug-likeness (QED) is 0.296. The normalized spacial score (nSPS) is 17.7. The summed E-state index contributed by atoms with van der Waals surface area (Å²) in [5.41, 5.74) is 6.37. The number of hydrogen-bond acceptors (Lipinski definition) is 4. The molecular formula is C23H27ClIN3O2. The van der Waals surface area contributed by atoms with Crippen molar-refractivity contribution >= 4 is 52.0 Å². The molecule has 1 heterocycles. The maximum Gasteiger partial charge on any atom is 0.271 e. The predicted octanol–water partition coefficient (Wildman–Crippen LogP) is 5.83. The van der Waals surface area contributed by atoms with Crippen LogP contribution in [0.5, 0.6) is 5.75 Å². The van der Waals surface area contributed by atoms with Crippen molar-refractivity contribution in [2.75, 3.05) is 18.6 Å². The standard InChI is InChI=1S/C23H27ClIN3O2/c1-6-28-20-11-18(24)16(9-17(20)14(2)12-23(28,3)4)13-26-27-22(29)15-7-8-19(25)21(10-15)30-5/h7-11,13-14H,6,12H2,1-5H3,(H,27,29)/b26-13+. The highest BCUT2D eigenvalue weighted by Gasteiger charge is 2.35. The molecule has 160 valence electrons. The van der Waals surface area contributed by atoms with Crippen LogP contribution in [0.1, 0.15) is 61.5 Å². The van der Waals surface area contributed by atoms with Crippen molar-refractivity contribution in [3.8, 4) is 5.75 Å². The molecule has 1 aliphatic rings. The molecule has 7 heteroatoms. The minimum atomic E-state index is -0.303. The van der Waals surface area contributed by atoms with Crippen LogP contribution in [0.25, 0.3) is 0 Å². The summed E-state index contributed by atoms with van der Waals surface area (Å²) in [4.78, 5) is 14.8. The Morgan fingerprint density at radius 3 is 2.80 bits per heavy atom. The van der Waals surface area contributed by atoms with E-state index in [-0.39, 0.29) is 11.4 Å².